The third-order valence-corrected chi connectivity index (χ3v) is 4.31. The van der Waals surface area contributed by atoms with E-state index in [1.54, 1.807) is 6.07 Å². The number of hydrogen-bond donors (Lipinski definition) is 1. The van der Waals surface area contributed by atoms with Crippen LogP contribution in [0, 0.1) is 11.7 Å². The Morgan fingerprint density at radius 1 is 1.29 bits per heavy atom. The van der Waals surface area contributed by atoms with E-state index in [9.17, 15) is 4.39 Å². The van der Waals surface area contributed by atoms with Crippen molar-refractivity contribution >= 4 is 11.6 Å². The van der Waals surface area contributed by atoms with Gasteiger partial charge in [-0.25, -0.2) is 4.39 Å². The van der Waals surface area contributed by atoms with Crippen LogP contribution in [0.15, 0.2) is 18.2 Å². The fraction of sp³-hybridized carbons (Fsp3) is 0.647. The van der Waals surface area contributed by atoms with Crippen molar-refractivity contribution < 1.29 is 4.39 Å². The summed E-state index contributed by atoms with van der Waals surface area (Å²) in [6.45, 7) is 10.8. The van der Waals surface area contributed by atoms with Crippen molar-refractivity contribution in [3.63, 3.8) is 0 Å². The van der Waals surface area contributed by atoms with Gasteiger partial charge in [-0.05, 0) is 76.9 Å². The Balaban J connectivity index is 1.77. The maximum atomic E-state index is 13.2. The zero-order valence-electron chi connectivity index (χ0n) is 13.3. The molecule has 0 aromatic heterocycles. The van der Waals surface area contributed by atoms with Gasteiger partial charge in [0.1, 0.15) is 5.82 Å². The van der Waals surface area contributed by atoms with Crippen LogP contribution in [0.4, 0.5) is 4.39 Å². The van der Waals surface area contributed by atoms with Crippen LogP contribution in [0.1, 0.15) is 39.2 Å². The van der Waals surface area contributed by atoms with Gasteiger partial charge >= 0.3 is 0 Å². The lowest BCUT2D eigenvalue weighted by molar-refractivity contribution is 0.170. The molecule has 1 aromatic rings. The third kappa shape index (κ3) is 5.57. The second kappa shape index (κ2) is 7.08. The summed E-state index contributed by atoms with van der Waals surface area (Å²) < 4.78 is 13.2. The number of benzene rings is 1. The first-order valence-corrected chi connectivity index (χ1v) is 8.12. The van der Waals surface area contributed by atoms with Crippen LogP contribution in [0.25, 0.3) is 0 Å². The molecule has 0 saturated carbocycles. The van der Waals surface area contributed by atoms with E-state index < -0.39 is 0 Å². The lowest BCUT2D eigenvalue weighted by Gasteiger charge is -2.33. The van der Waals surface area contributed by atoms with E-state index in [1.807, 2.05) is 6.07 Å². The highest BCUT2D eigenvalue weighted by atomic mass is 35.5. The number of nitrogens with zero attached hydrogens (tertiary/aromatic N) is 1. The van der Waals surface area contributed by atoms with Crippen LogP contribution >= 0.6 is 11.6 Å². The normalized spacial score (nSPS) is 18.1. The molecule has 0 aliphatic carbocycles. The van der Waals surface area contributed by atoms with E-state index in [-0.39, 0.29) is 16.4 Å². The minimum Gasteiger partial charge on any atom is -0.312 e. The summed E-state index contributed by atoms with van der Waals surface area (Å²) in [5, 5.41) is 3.81. The molecule has 0 amide bonds. The van der Waals surface area contributed by atoms with Crippen molar-refractivity contribution in [1.82, 2.24) is 10.2 Å². The van der Waals surface area contributed by atoms with Gasteiger partial charge in [0.05, 0.1) is 5.02 Å². The van der Waals surface area contributed by atoms with Crippen molar-refractivity contribution in [1.29, 1.82) is 0 Å². The van der Waals surface area contributed by atoms with Gasteiger partial charge < -0.3 is 5.32 Å². The molecule has 1 heterocycles. The summed E-state index contributed by atoms with van der Waals surface area (Å²) in [6, 6.07) is 5.02. The van der Waals surface area contributed by atoms with Gasteiger partial charge in [0, 0.05) is 12.1 Å². The molecule has 0 bridgehead atoms. The molecule has 0 atom stereocenters. The molecule has 1 saturated heterocycles. The Labute approximate surface area is 132 Å². The van der Waals surface area contributed by atoms with Crippen LogP contribution in [0.2, 0.25) is 5.02 Å². The highest BCUT2D eigenvalue weighted by Gasteiger charge is 2.21. The molecule has 2 nitrogen and oxygen atoms in total. The summed E-state index contributed by atoms with van der Waals surface area (Å²) in [4.78, 5) is 2.43. The molecule has 118 valence electrons. The minimum absolute atomic E-state index is 0.196. The lowest BCUT2D eigenvalue weighted by Crippen LogP contribution is -2.42. The second-order valence-corrected chi connectivity index (χ2v) is 7.51. The average molecular weight is 313 g/mol. The Kier molecular flexibility index (Phi) is 5.64. The molecular formula is C17H26ClFN2. The van der Waals surface area contributed by atoms with Gasteiger partial charge in [-0.2, -0.15) is 0 Å². The number of rotatable bonds is 4. The molecule has 0 unspecified atom stereocenters. The standard InChI is InChI=1S/C17H26ClFN2/c1-17(2,3)20-11-13-6-8-21(9-7-13)12-14-4-5-16(19)15(18)10-14/h4-5,10,13,20H,6-9,11-12H2,1-3H3. The molecule has 0 radical (unpaired) electrons. The van der Waals surface area contributed by atoms with E-state index in [2.05, 4.69) is 31.0 Å². The summed E-state index contributed by atoms with van der Waals surface area (Å²) >= 11 is 5.84. The molecule has 1 fully saturated rings. The van der Waals surface area contributed by atoms with E-state index in [0.717, 1.165) is 37.7 Å². The van der Waals surface area contributed by atoms with Crippen molar-refractivity contribution in [2.24, 2.45) is 5.92 Å². The molecule has 0 spiro atoms. The molecule has 1 aliphatic rings. The van der Waals surface area contributed by atoms with Crippen LogP contribution in [0.3, 0.4) is 0 Å². The molecular weight excluding hydrogens is 287 g/mol. The van der Waals surface area contributed by atoms with Gasteiger partial charge in [-0.15, -0.1) is 0 Å². The van der Waals surface area contributed by atoms with Gasteiger partial charge in [-0.1, -0.05) is 17.7 Å². The van der Waals surface area contributed by atoms with Gasteiger partial charge in [-0.3, -0.25) is 4.90 Å². The fourth-order valence-electron chi connectivity index (χ4n) is 2.70. The smallest absolute Gasteiger partial charge is 0.141 e. The first-order valence-electron chi connectivity index (χ1n) is 7.75. The topological polar surface area (TPSA) is 15.3 Å². The largest absolute Gasteiger partial charge is 0.312 e. The van der Waals surface area contributed by atoms with E-state index in [1.165, 1.54) is 18.9 Å². The maximum Gasteiger partial charge on any atom is 0.141 e. The number of piperidine rings is 1. The number of nitrogens with one attached hydrogen (secondary N) is 1. The zero-order valence-corrected chi connectivity index (χ0v) is 14.0. The van der Waals surface area contributed by atoms with E-state index in [0.29, 0.717) is 0 Å². The summed E-state index contributed by atoms with van der Waals surface area (Å²) in [7, 11) is 0. The first-order chi connectivity index (χ1) is 9.83. The fourth-order valence-corrected chi connectivity index (χ4v) is 2.90. The maximum absolute atomic E-state index is 13.2. The predicted octanol–water partition coefficient (Wildman–Crippen LogP) is 4.08. The number of likely N-dealkylation sites (tertiary alicyclic amines) is 1. The second-order valence-electron chi connectivity index (χ2n) is 7.10. The number of halogens is 2. The van der Waals surface area contributed by atoms with Crippen molar-refractivity contribution in [2.45, 2.75) is 45.7 Å². The van der Waals surface area contributed by atoms with E-state index in [4.69, 9.17) is 11.6 Å². The van der Waals surface area contributed by atoms with Crippen molar-refractivity contribution in [3.05, 3.63) is 34.6 Å². The molecule has 2 rings (SSSR count). The van der Waals surface area contributed by atoms with Gasteiger partial charge in [0.25, 0.3) is 0 Å². The van der Waals surface area contributed by atoms with E-state index >= 15 is 0 Å². The van der Waals surface area contributed by atoms with Crippen LogP contribution < -0.4 is 5.32 Å². The monoisotopic (exact) mass is 312 g/mol. The Bertz CT molecular complexity index is 462. The molecule has 21 heavy (non-hydrogen) atoms. The average Bonchev–Trinajstić information content (AvgIpc) is 2.41. The Morgan fingerprint density at radius 2 is 1.95 bits per heavy atom. The first kappa shape index (κ1) is 16.7. The molecule has 1 aliphatic heterocycles. The molecule has 1 aromatic carbocycles. The Morgan fingerprint density at radius 3 is 2.52 bits per heavy atom. The minimum atomic E-state index is -0.340. The molecule has 1 N–H and O–H groups in total. The summed E-state index contributed by atoms with van der Waals surface area (Å²) in [5.74, 6) is 0.421. The lowest BCUT2D eigenvalue weighted by atomic mass is 9.95. The number of hydrogen-bond acceptors (Lipinski definition) is 2. The van der Waals surface area contributed by atoms with Gasteiger partial charge in [0.15, 0.2) is 0 Å². The zero-order chi connectivity index (χ0) is 15.5. The Hall–Kier alpha value is -0.640. The third-order valence-electron chi connectivity index (χ3n) is 4.02. The van der Waals surface area contributed by atoms with Crippen LogP contribution in [-0.4, -0.2) is 30.1 Å². The van der Waals surface area contributed by atoms with Gasteiger partial charge in [0.2, 0.25) is 0 Å². The highest BCUT2D eigenvalue weighted by molar-refractivity contribution is 6.30. The summed E-state index contributed by atoms with van der Waals surface area (Å²) in [6.07, 6.45) is 2.44. The van der Waals surface area contributed by atoms with Crippen molar-refractivity contribution in [3.8, 4) is 0 Å². The summed E-state index contributed by atoms with van der Waals surface area (Å²) in [5.41, 5.74) is 1.29. The van der Waals surface area contributed by atoms with Crippen LogP contribution in [0.5, 0.6) is 0 Å². The predicted molar refractivity (Wildman–Crippen MR) is 87.2 cm³/mol. The quantitative estimate of drug-likeness (QED) is 0.901. The van der Waals surface area contributed by atoms with Crippen LogP contribution in [-0.2, 0) is 6.54 Å². The van der Waals surface area contributed by atoms with Crippen molar-refractivity contribution in [2.75, 3.05) is 19.6 Å². The molecule has 4 heteroatoms. The highest BCUT2D eigenvalue weighted by Crippen LogP contribution is 2.21. The SMILES string of the molecule is CC(C)(C)NCC1CCN(Cc2ccc(F)c(Cl)c2)CC1.